The molecule has 3 nitrogen and oxygen atoms in total. The van der Waals surface area contributed by atoms with Crippen molar-refractivity contribution in [3.05, 3.63) is 0 Å². The first-order chi connectivity index (χ1) is 5.39. The van der Waals surface area contributed by atoms with Crippen LogP contribution in [0, 0.1) is 11.3 Å². The van der Waals surface area contributed by atoms with Gasteiger partial charge in [-0.25, -0.2) is 0 Å². The summed E-state index contributed by atoms with van der Waals surface area (Å²) in [6.07, 6.45) is 0.662. The minimum Gasteiger partial charge on any atom is -0.284 e. The van der Waals surface area contributed by atoms with Crippen molar-refractivity contribution in [2.24, 2.45) is 11.3 Å². The largest absolute Gasteiger partial charge is 0.284 e. The van der Waals surface area contributed by atoms with Crippen LogP contribution in [0.15, 0.2) is 0 Å². The Morgan fingerprint density at radius 3 is 2.08 bits per heavy atom. The highest BCUT2D eigenvalue weighted by Gasteiger charge is 2.55. The Hall–Kier alpha value is -0.860. The summed E-state index contributed by atoms with van der Waals surface area (Å²) in [5.74, 6) is 0.305. The molecule has 1 heterocycles. The van der Waals surface area contributed by atoms with Crippen molar-refractivity contribution in [3.8, 4) is 0 Å². The molecule has 0 aromatic carbocycles. The Balaban J connectivity index is 2.74. The zero-order valence-electron chi connectivity index (χ0n) is 8.05. The molecular formula is C9H15NO2. The lowest BCUT2D eigenvalue weighted by atomic mass is 9.74. The molecule has 12 heavy (non-hydrogen) atoms. The molecule has 1 aliphatic heterocycles. The van der Waals surface area contributed by atoms with E-state index in [2.05, 4.69) is 0 Å². The molecule has 0 bridgehead atoms. The number of carbonyl (C=O) groups is 2. The van der Waals surface area contributed by atoms with E-state index in [1.54, 1.807) is 6.92 Å². The van der Waals surface area contributed by atoms with Gasteiger partial charge < -0.3 is 0 Å². The van der Waals surface area contributed by atoms with Crippen LogP contribution >= 0.6 is 0 Å². The molecule has 0 radical (unpaired) electrons. The summed E-state index contributed by atoms with van der Waals surface area (Å²) >= 11 is 0. The van der Waals surface area contributed by atoms with Gasteiger partial charge in [-0.05, 0) is 19.3 Å². The predicted molar refractivity (Wildman–Crippen MR) is 45.3 cm³/mol. The minimum absolute atomic E-state index is 0.0406. The van der Waals surface area contributed by atoms with Gasteiger partial charge in [-0.3, -0.25) is 14.5 Å². The first-order valence-electron chi connectivity index (χ1n) is 4.22. The van der Waals surface area contributed by atoms with Crippen molar-refractivity contribution in [1.29, 1.82) is 0 Å². The maximum absolute atomic E-state index is 11.3. The summed E-state index contributed by atoms with van der Waals surface area (Å²) in [7, 11) is 1.53. The van der Waals surface area contributed by atoms with Gasteiger partial charge in [0.05, 0.1) is 0 Å². The summed E-state index contributed by atoms with van der Waals surface area (Å²) in [5.41, 5.74) is -0.719. The molecule has 0 aromatic heterocycles. The molecule has 1 rings (SSSR count). The summed E-state index contributed by atoms with van der Waals surface area (Å²) < 4.78 is 0. The van der Waals surface area contributed by atoms with Crippen LogP contribution in [0.3, 0.4) is 0 Å². The molecule has 0 aromatic rings. The van der Waals surface area contributed by atoms with Crippen LogP contribution in [0.25, 0.3) is 0 Å². The normalized spacial score (nSPS) is 21.6. The molecule has 0 N–H and O–H groups in total. The van der Waals surface area contributed by atoms with Crippen LogP contribution in [0.5, 0.6) is 0 Å². The summed E-state index contributed by atoms with van der Waals surface area (Å²) in [6, 6.07) is 0. The van der Waals surface area contributed by atoms with Gasteiger partial charge in [0.25, 0.3) is 0 Å². The van der Waals surface area contributed by atoms with Crippen LogP contribution < -0.4 is 0 Å². The van der Waals surface area contributed by atoms with Crippen LogP contribution in [0.2, 0.25) is 0 Å². The Kier molecular flexibility index (Phi) is 1.98. The monoisotopic (exact) mass is 169 g/mol. The zero-order chi connectivity index (χ0) is 9.52. The third-order valence-electron chi connectivity index (χ3n) is 2.37. The molecule has 1 fully saturated rings. The van der Waals surface area contributed by atoms with Crippen molar-refractivity contribution in [3.63, 3.8) is 0 Å². The van der Waals surface area contributed by atoms with Crippen molar-refractivity contribution in [1.82, 2.24) is 4.90 Å². The Labute approximate surface area is 72.7 Å². The quantitative estimate of drug-likeness (QED) is 0.457. The highest BCUT2D eigenvalue weighted by atomic mass is 16.2. The average molecular weight is 169 g/mol. The average Bonchev–Trinajstić information content (AvgIpc) is 2.00. The van der Waals surface area contributed by atoms with Crippen LogP contribution in [0.4, 0.5) is 0 Å². The van der Waals surface area contributed by atoms with E-state index in [1.165, 1.54) is 11.9 Å². The van der Waals surface area contributed by atoms with E-state index in [1.807, 2.05) is 13.8 Å². The third kappa shape index (κ3) is 1.04. The van der Waals surface area contributed by atoms with E-state index in [9.17, 15) is 9.59 Å². The van der Waals surface area contributed by atoms with Gasteiger partial charge in [0.1, 0.15) is 5.41 Å². The van der Waals surface area contributed by atoms with E-state index in [0.717, 1.165) is 0 Å². The number of hydrogen-bond donors (Lipinski definition) is 0. The van der Waals surface area contributed by atoms with Crippen LogP contribution in [-0.2, 0) is 9.59 Å². The van der Waals surface area contributed by atoms with Crippen LogP contribution in [0.1, 0.15) is 27.2 Å². The standard InChI is InChI=1S/C9H15NO2/c1-6(2)5-9(3)7(11)10(4)8(9)12/h6H,5H2,1-4H3. The van der Waals surface area contributed by atoms with Gasteiger partial charge in [-0.15, -0.1) is 0 Å². The highest BCUT2D eigenvalue weighted by Crippen LogP contribution is 2.37. The fourth-order valence-electron chi connectivity index (χ4n) is 1.86. The number of β-lactam (4-membered cyclic amide) rings is 2. The molecule has 68 valence electrons. The fraction of sp³-hybridized carbons (Fsp3) is 0.778. The van der Waals surface area contributed by atoms with E-state index in [0.29, 0.717) is 12.3 Å². The first kappa shape index (κ1) is 9.23. The molecular weight excluding hydrogens is 154 g/mol. The third-order valence-corrected chi connectivity index (χ3v) is 2.37. The zero-order valence-corrected chi connectivity index (χ0v) is 8.05. The number of rotatable bonds is 2. The second-order valence-electron chi connectivity index (χ2n) is 4.10. The number of imide groups is 1. The summed E-state index contributed by atoms with van der Waals surface area (Å²) in [5, 5.41) is 0. The summed E-state index contributed by atoms with van der Waals surface area (Å²) in [4.78, 5) is 23.9. The molecule has 1 saturated heterocycles. The number of hydrogen-bond acceptors (Lipinski definition) is 2. The molecule has 0 spiro atoms. The van der Waals surface area contributed by atoms with E-state index < -0.39 is 5.41 Å². The fourth-order valence-corrected chi connectivity index (χ4v) is 1.86. The molecule has 2 amide bonds. The molecule has 0 unspecified atom stereocenters. The lowest BCUT2D eigenvalue weighted by Gasteiger charge is -2.42. The molecule has 0 atom stereocenters. The molecule has 0 saturated carbocycles. The molecule has 0 aliphatic carbocycles. The lowest BCUT2D eigenvalue weighted by Crippen LogP contribution is -2.63. The smallest absolute Gasteiger partial charge is 0.244 e. The Bertz CT molecular complexity index is 217. The second-order valence-corrected chi connectivity index (χ2v) is 4.10. The highest BCUT2D eigenvalue weighted by molar-refractivity contribution is 6.21. The van der Waals surface area contributed by atoms with Crippen molar-refractivity contribution < 1.29 is 9.59 Å². The predicted octanol–water partition coefficient (Wildman–Crippen LogP) is 1.04. The Morgan fingerprint density at radius 1 is 1.33 bits per heavy atom. The SMILES string of the molecule is CC(C)CC1(C)C(=O)N(C)C1=O. The number of nitrogens with zero attached hydrogens (tertiary/aromatic N) is 1. The maximum Gasteiger partial charge on any atom is 0.244 e. The number of carbonyl (C=O) groups excluding carboxylic acids is 2. The maximum atomic E-state index is 11.3. The topological polar surface area (TPSA) is 37.4 Å². The molecule has 1 aliphatic rings. The number of likely N-dealkylation sites (tertiary alicyclic amines) is 1. The van der Waals surface area contributed by atoms with Gasteiger partial charge in [0.2, 0.25) is 11.8 Å². The van der Waals surface area contributed by atoms with Gasteiger partial charge in [-0.2, -0.15) is 0 Å². The second kappa shape index (κ2) is 2.57. The van der Waals surface area contributed by atoms with E-state index in [-0.39, 0.29) is 11.8 Å². The first-order valence-corrected chi connectivity index (χ1v) is 4.22. The lowest BCUT2D eigenvalue weighted by molar-refractivity contribution is -0.174. The van der Waals surface area contributed by atoms with E-state index in [4.69, 9.17) is 0 Å². The minimum atomic E-state index is -0.719. The van der Waals surface area contributed by atoms with Crippen molar-refractivity contribution in [2.45, 2.75) is 27.2 Å². The van der Waals surface area contributed by atoms with Gasteiger partial charge in [-0.1, -0.05) is 13.8 Å². The van der Waals surface area contributed by atoms with Crippen LogP contribution in [-0.4, -0.2) is 23.8 Å². The van der Waals surface area contributed by atoms with Gasteiger partial charge in [0.15, 0.2) is 0 Å². The van der Waals surface area contributed by atoms with Gasteiger partial charge >= 0.3 is 0 Å². The Morgan fingerprint density at radius 2 is 1.75 bits per heavy atom. The molecule has 3 heteroatoms. The van der Waals surface area contributed by atoms with Crippen molar-refractivity contribution in [2.75, 3.05) is 7.05 Å². The van der Waals surface area contributed by atoms with E-state index >= 15 is 0 Å². The number of amides is 2. The van der Waals surface area contributed by atoms with Crippen molar-refractivity contribution >= 4 is 11.8 Å². The van der Waals surface area contributed by atoms with Gasteiger partial charge in [0, 0.05) is 7.05 Å². The summed E-state index contributed by atoms with van der Waals surface area (Å²) in [6.45, 7) is 5.77.